The Hall–Kier alpha value is -4.41. The van der Waals surface area contributed by atoms with Crippen molar-refractivity contribution in [2.45, 2.75) is 38.6 Å². The zero-order chi connectivity index (χ0) is 28.3. The molecule has 3 heterocycles. The van der Waals surface area contributed by atoms with Gasteiger partial charge in [0.1, 0.15) is 17.3 Å². The van der Waals surface area contributed by atoms with Crippen LogP contribution in [0.5, 0.6) is 0 Å². The molecule has 0 saturated carbocycles. The van der Waals surface area contributed by atoms with Crippen molar-refractivity contribution < 1.29 is 13.9 Å². The number of aromatic nitrogens is 5. The van der Waals surface area contributed by atoms with Crippen molar-refractivity contribution in [3.63, 3.8) is 0 Å². The summed E-state index contributed by atoms with van der Waals surface area (Å²) in [6.45, 7) is 1.69. The number of aromatic amines is 1. The van der Waals surface area contributed by atoms with Gasteiger partial charge in [-0.25, -0.2) is 14.1 Å². The number of ether oxygens (including phenoxy) is 1. The number of hydrogen-bond acceptors (Lipinski definition) is 6. The Bertz CT molecular complexity index is 1660. The number of carbonyl (C=O) groups excluding carboxylic acids is 1. The fourth-order valence-electron chi connectivity index (χ4n) is 5.23. The minimum Gasteiger partial charge on any atom is -0.356 e. The molecular weight excluding hydrogens is 521 g/mol. The number of anilines is 1. The molecule has 1 atom stereocenters. The summed E-state index contributed by atoms with van der Waals surface area (Å²) < 4.78 is 21.5. The van der Waals surface area contributed by atoms with Crippen LogP contribution in [0.3, 0.4) is 0 Å². The molecule has 9 nitrogen and oxygen atoms in total. The summed E-state index contributed by atoms with van der Waals surface area (Å²) in [5.41, 5.74) is 5.05. The molecule has 1 fully saturated rings. The van der Waals surface area contributed by atoms with Crippen LogP contribution >= 0.6 is 0 Å². The number of rotatable bonds is 9. The number of halogens is 1. The van der Waals surface area contributed by atoms with Gasteiger partial charge in [0, 0.05) is 28.8 Å². The maximum Gasteiger partial charge on any atom is 0.214 e. The Morgan fingerprint density at radius 3 is 2.66 bits per heavy atom. The molecule has 0 bridgehead atoms. The van der Waals surface area contributed by atoms with E-state index in [1.165, 1.54) is 12.1 Å². The van der Waals surface area contributed by atoms with Crippen molar-refractivity contribution >= 4 is 23.0 Å². The highest BCUT2D eigenvalue weighted by Crippen LogP contribution is 2.36. The summed E-state index contributed by atoms with van der Waals surface area (Å²) in [6, 6.07) is 20.1. The molecule has 5 aromatic rings. The molecule has 1 saturated heterocycles. The molecule has 0 aliphatic carbocycles. The highest BCUT2D eigenvalue weighted by molar-refractivity contribution is 5.96. The number of H-pyrrole nitrogens is 1. The molecule has 1 unspecified atom stereocenters. The molecule has 1 amide bonds. The molecular formula is C31H32FN7O2. The normalized spacial score (nSPS) is 15.5. The van der Waals surface area contributed by atoms with E-state index in [0.717, 1.165) is 70.5 Å². The number of hydrogen-bond donors (Lipinski definition) is 1. The first-order chi connectivity index (χ1) is 20.0. The number of benzene rings is 3. The minimum absolute atomic E-state index is 0.144. The molecule has 3 aromatic carbocycles. The van der Waals surface area contributed by atoms with Gasteiger partial charge in [0.05, 0.1) is 18.6 Å². The summed E-state index contributed by atoms with van der Waals surface area (Å²) in [7, 11) is 3.98. The van der Waals surface area contributed by atoms with Gasteiger partial charge in [-0.3, -0.25) is 9.89 Å². The van der Waals surface area contributed by atoms with Crippen LogP contribution in [-0.4, -0.2) is 57.0 Å². The minimum atomic E-state index is -0.309. The molecule has 0 spiro atoms. The number of carbonyl (C=O) groups is 1. The predicted octanol–water partition coefficient (Wildman–Crippen LogP) is 5.55. The third-order valence-electron chi connectivity index (χ3n) is 7.24. The SMILES string of the molecule is CN(C)Cc1nc(-c2ccc3c(c2)c(-c2cccc(N(C=O)Cc4ccc(F)cc4)c2)nn3C2CCCCO2)n[nH]1. The first kappa shape index (κ1) is 26.8. The van der Waals surface area contributed by atoms with Gasteiger partial charge >= 0.3 is 0 Å². The maximum atomic E-state index is 13.4. The molecule has 210 valence electrons. The molecule has 41 heavy (non-hydrogen) atoms. The lowest BCUT2D eigenvalue weighted by atomic mass is 10.0. The Kier molecular flexibility index (Phi) is 7.58. The van der Waals surface area contributed by atoms with Crippen molar-refractivity contribution in [1.82, 2.24) is 29.9 Å². The fraction of sp³-hybridized carbons (Fsp3) is 0.290. The van der Waals surface area contributed by atoms with Crippen LogP contribution in [-0.2, 0) is 22.6 Å². The van der Waals surface area contributed by atoms with Crippen LogP contribution in [0.25, 0.3) is 33.5 Å². The summed E-state index contributed by atoms with van der Waals surface area (Å²) in [5, 5.41) is 13.5. The van der Waals surface area contributed by atoms with Crippen molar-refractivity contribution in [3.05, 3.63) is 83.9 Å². The summed E-state index contributed by atoms with van der Waals surface area (Å²) in [6.07, 6.45) is 3.67. The molecule has 1 aliphatic heterocycles. The second-order valence-electron chi connectivity index (χ2n) is 10.6. The van der Waals surface area contributed by atoms with E-state index in [-0.39, 0.29) is 12.0 Å². The fourth-order valence-corrected chi connectivity index (χ4v) is 5.23. The van der Waals surface area contributed by atoms with Crippen LogP contribution < -0.4 is 4.90 Å². The summed E-state index contributed by atoms with van der Waals surface area (Å²) >= 11 is 0. The monoisotopic (exact) mass is 553 g/mol. The van der Waals surface area contributed by atoms with E-state index in [1.807, 2.05) is 54.0 Å². The Balaban J connectivity index is 1.41. The quantitative estimate of drug-likeness (QED) is 0.241. The van der Waals surface area contributed by atoms with Crippen molar-refractivity contribution in [2.24, 2.45) is 0 Å². The molecule has 2 aromatic heterocycles. The molecule has 10 heteroatoms. The van der Waals surface area contributed by atoms with Crippen molar-refractivity contribution in [3.8, 4) is 22.6 Å². The highest BCUT2D eigenvalue weighted by Gasteiger charge is 2.23. The molecule has 6 rings (SSSR count). The van der Waals surface area contributed by atoms with Gasteiger partial charge in [-0.1, -0.05) is 24.3 Å². The molecule has 1 N–H and O–H groups in total. The van der Waals surface area contributed by atoms with Gasteiger partial charge < -0.3 is 14.5 Å². The van der Waals surface area contributed by atoms with Crippen LogP contribution in [0, 0.1) is 5.82 Å². The van der Waals surface area contributed by atoms with Crippen LogP contribution in [0.15, 0.2) is 66.7 Å². The van der Waals surface area contributed by atoms with E-state index in [2.05, 4.69) is 22.3 Å². The third kappa shape index (κ3) is 5.75. The van der Waals surface area contributed by atoms with Gasteiger partial charge in [-0.2, -0.15) is 10.2 Å². The van der Waals surface area contributed by atoms with E-state index in [1.54, 1.807) is 17.0 Å². The summed E-state index contributed by atoms with van der Waals surface area (Å²) in [5.74, 6) is 1.10. The van der Waals surface area contributed by atoms with Gasteiger partial charge in [0.25, 0.3) is 0 Å². The maximum absolute atomic E-state index is 13.4. The lowest BCUT2D eigenvalue weighted by Crippen LogP contribution is -2.20. The smallest absolute Gasteiger partial charge is 0.214 e. The standard InChI is InChI=1S/C31H32FN7O2/c1-37(2)19-28-33-31(35-34-28)23-11-14-27-26(17-23)30(36-39(27)29-8-3-4-15-41-29)22-6-5-7-25(16-22)38(20-40)18-21-9-12-24(32)13-10-21/h5-7,9-14,16-17,20,29H,3-4,8,15,18-19H2,1-2H3,(H,33,34,35). The number of amides is 1. The number of nitrogens with zero attached hydrogens (tertiary/aromatic N) is 6. The highest BCUT2D eigenvalue weighted by atomic mass is 19.1. The number of nitrogens with one attached hydrogen (secondary N) is 1. The first-order valence-corrected chi connectivity index (χ1v) is 13.8. The van der Waals surface area contributed by atoms with Crippen LogP contribution in [0.4, 0.5) is 10.1 Å². The second kappa shape index (κ2) is 11.6. The van der Waals surface area contributed by atoms with Crippen LogP contribution in [0.1, 0.15) is 36.9 Å². The van der Waals surface area contributed by atoms with Gasteiger partial charge in [-0.15, -0.1) is 0 Å². The van der Waals surface area contributed by atoms with E-state index >= 15 is 0 Å². The first-order valence-electron chi connectivity index (χ1n) is 13.8. The molecule has 0 radical (unpaired) electrons. The Morgan fingerprint density at radius 2 is 1.90 bits per heavy atom. The average Bonchev–Trinajstić information content (AvgIpc) is 3.61. The van der Waals surface area contributed by atoms with E-state index in [4.69, 9.17) is 14.8 Å². The lowest BCUT2D eigenvalue weighted by Gasteiger charge is -2.23. The largest absolute Gasteiger partial charge is 0.356 e. The van der Waals surface area contributed by atoms with Gasteiger partial charge in [0.2, 0.25) is 6.41 Å². The second-order valence-corrected chi connectivity index (χ2v) is 10.6. The lowest BCUT2D eigenvalue weighted by molar-refractivity contribution is -0.107. The topological polar surface area (TPSA) is 92.2 Å². The van der Waals surface area contributed by atoms with Crippen LogP contribution in [0.2, 0.25) is 0 Å². The van der Waals surface area contributed by atoms with Gasteiger partial charge in [-0.05, 0) is 81.4 Å². The third-order valence-corrected chi connectivity index (χ3v) is 7.24. The Morgan fingerprint density at radius 1 is 1.05 bits per heavy atom. The zero-order valence-electron chi connectivity index (χ0n) is 23.1. The zero-order valence-corrected chi connectivity index (χ0v) is 23.1. The Labute approximate surface area is 237 Å². The molecule has 1 aliphatic rings. The van der Waals surface area contributed by atoms with E-state index in [0.29, 0.717) is 25.5 Å². The number of fused-ring (bicyclic) bond motifs is 1. The van der Waals surface area contributed by atoms with Crippen molar-refractivity contribution in [2.75, 3.05) is 25.6 Å². The average molecular weight is 554 g/mol. The summed E-state index contributed by atoms with van der Waals surface area (Å²) in [4.78, 5) is 20.4. The van der Waals surface area contributed by atoms with E-state index < -0.39 is 0 Å². The predicted molar refractivity (Wildman–Crippen MR) is 155 cm³/mol. The van der Waals surface area contributed by atoms with Crippen molar-refractivity contribution in [1.29, 1.82) is 0 Å². The van der Waals surface area contributed by atoms with Gasteiger partial charge in [0.15, 0.2) is 12.1 Å². The van der Waals surface area contributed by atoms with E-state index in [9.17, 15) is 9.18 Å².